The molecular formula is C27H34N8O6. The number of para-hydroxylation sites is 1. The monoisotopic (exact) mass is 566 g/mol. The van der Waals surface area contributed by atoms with E-state index >= 15 is 0 Å². The van der Waals surface area contributed by atoms with Crippen LogP contribution in [-0.2, 0) is 36.8 Å². The molecule has 1 aliphatic heterocycles. The Balaban J connectivity index is 1.51. The Hall–Kier alpha value is -4.72. The van der Waals surface area contributed by atoms with Gasteiger partial charge in [-0.3, -0.25) is 19.2 Å². The lowest BCUT2D eigenvalue weighted by molar-refractivity contribution is -0.143. The van der Waals surface area contributed by atoms with E-state index in [1.54, 1.807) is 12.4 Å². The molecule has 14 nitrogen and oxygen atoms in total. The molecule has 3 heterocycles. The van der Waals surface area contributed by atoms with Crippen LogP contribution >= 0.6 is 0 Å². The smallest absolute Gasteiger partial charge is 0.326 e. The minimum absolute atomic E-state index is 0.0454. The number of imidazole rings is 1. The number of hydrogen-bond donors (Lipinski definition) is 7. The second kappa shape index (κ2) is 13.1. The third kappa shape index (κ3) is 7.28. The Labute approximate surface area is 235 Å². The van der Waals surface area contributed by atoms with Gasteiger partial charge in [-0.15, -0.1) is 0 Å². The predicted octanol–water partition coefficient (Wildman–Crippen LogP) is -0.686. The van der Waals surface area contributed by atoms with E-state index in [1.807, 2.05) is 24.3 Å². The van der Waals surface area contributed by atoms with Gasteiger partial charge in [-0.05, 0) is 30.9 Å². The molecule has 1 saturated heterocycles. The van der Waals surface area contributed by atoms with Gasteiger partial charge in [0.1, 0.15) is 18.1 Å². The summed E-state index contributed by atoms with van der Waals surface area (Å²) in [6.07, 6.45) is 5.56. The fourth-order valence-electron chi connectivity index (χ4n) is 5.05. The first kappa shape index (κ1) is 29.3. The van der Waals surface area contributed by atoms with Crippen LogP contribution in [0, 0.1) is 0 Å². The maximum Gasteiger partial charge on any atom is 0.326 e. The maximum atomic E-state index is 13.5. The Morgan fingerprint density at radius 3 is 2.59 bits per heavy atom. The first-order chi connectivity index (χ1) is 19.6. The van der Waals surface area contributed by atoms with Gasteiger partial charge in [0.25, 0.3) is 0 Å². The summed E-state index contributed by atoms with van der Waals surface area (Å²) in [5.41, 5.74) is 13.5. The Kier molecular flexibility index (Phi) is 9.34. The summed E-state index contributed by atoms with van der Waals surface area (Å²) in [5, 5.41) is 15.6. The largest absolute Gasteiger partial charge is 0.480 e. The van der Waals surface area contributed by atoms with Crippen LogP contribution in [0.3, 0.4) is 0 Å². The van der Waals surface area contributed by atoms with Crippen LogP contribution in [0.5, 0.6) is 0 Å². The lowest BCUT2D eigenvalue weighted by atomic mass is 10.0. The second-order valence-corrected chi connectivity index (χ2v) is 10.1. The summed E-state index contributed by atoms with van der Waals surface area (Å²) in [7, 11) is 0. The zero-order valence-electron chi connectivity index (χ0n) is 22.3. The second-order valence-electron chi connectivity index (χ2n) is 10.1. The number of primary amides is 1. The topological polar surface area (TPSA) is 229 Å². The molecule has 41 heavy (non-hydrogen) atoms. The van der Waals surface area contributed by atoms with Crippen molar-refractivity contribution in [2.75, 3.05) is 6.54 Å². The predicted molar refractivity (Wildman–Crippen MR) is 147 cm³/mol. The number of aromatic amines is 2. The van der Waals surface area contributed by atoms with Crippen LogP contribution in [0.1, 0.15) is 36.9 Å². The number of fused-ring (bicyclic) bond motifs is 1. The molecule has 0 spiro atoms. The van der Waals surface area contributed by atoms with Gasteiger partial charge >= 0.3 is 5.97 Å². The first-order valence-electron chi connectivity index (χ1n) is 13.3. The van der Waals surface area contributed by atoms with Crippen molar-refractivity contribution >= 4 is 40.5 Å². The molecule has 1 aromatic carbocycles. The minimum Gasteiger partial charge on any atom is -0.480 e. The molecule has 1 fully saturated rings. The van der Waals surface area contributed by atoms with E-state index in [1.165, 1.54) is 11.2 Å². The molecule has 4 atom stereocenters. The van der Waals surface area contributed by atoms with Crippen molar-refractivity contribution in [3.05, 3.63) is 54.2 Å². The van der Waals surface area contributed by atoms with Gasteiger partial charge in [-0.25, -0.2) is 9.78 Å². The number of rotatable bonds is 13. The number of carbonyl (C=O) groups excluding carboxylic acids is 4. The van der Waals surface area contributed by atoms with Crippen molar-refractivity contribution in [2.24, 2.45) is 11.5 Å². The Bertz CT molecular complexity index is 1400. The number of H-pyrrole nitrogens is 2. The summed E-state index contributed by atoms with van der Waals surface area (Å²) < 4.78 is 0. The highest BCUT2D eigenvalue weighted by Gasteiger charge is 2.38. The number of carboxylic acids is 1. The molecule has 1 aliphatic rings. The van der Waals surface area contributed by atoms with Crippen molar-refractivity contribution in [3.8, 4) is 0 Å². The lowest BCUT2D eigenvalue weighted by Gasteiger charge is -2.28. The van der Waals surface area contributed by atoms with E-state index in [2.05, 4.69) is 25.6 Å². The van der Waals surface area contributed by atoms with Crippen LogP contribution in [0.15, 0.2) is 43.0 Å². The van der Waals surface area contributed by atoms with Crippen LogP contribution in [0.2, 0.25) is 0 Å². The van der Waals surface area contributed by atoms with Crippen LogP contribution in [0.4, 0.5) is 0 Å². The summed E-state index contributed by atoms with van der Waals surface area (Å²) in [4.78, 5) is 74.4. The van der Waals surface area contributed by atoms with E-state index in [0.717, 1.165) is 16.5 Å². The minimum atomic E-state index is -1.39. The molecule has 4 rings (SSSR count). The zero-order valence-corrected chi connectivity index (χ0v) is 22.3. The number of nitrogens with zero attached hydrogens (tertiary/aromatic N) is 2. The fourth-order valence-corrected chi connectivity index (χ4v) is 5.05. The highest BCUT2D eigenvalue weighted by Crippen LogP contribution is 2.22. The lowest BCUT2D eigenvalue weighted by Crippen LogP contribution is -2.57. The molecule has 3 aromatic rings. The molecule has 9 N–H and O–H groups in total. The van der Waals surface area contributed by atoms with Gasteiger partial charge in [0.2, 0.25) is 23.6 Å². The van der Waals surface area contributed by atoms with Gasteiger partial charge in [-0.1, -0.05) is 18.2 Å². The standard InChI is InChI=1S/C27H34N8O6/c28-18(11-16-13-30-14-32-16)26(39)35-9-3-6-22(35)25(38)34-21(10-15-12-31-19-5-2-1-4-17(15)19)24(37)33-20(27(40)41)7-8-23(29)36/h1-2,4-5,12-14,18,20-22,31H,3,6-11,28H2,(H2,29,36)(H,30,32)(H,33,37)(H,34,38)(H,40,41). The Morgan fingerprint density at radius 1 is 1.10 bits per heavy atom. The number of aromatic nitrogens is 3. The van der Waals surface area contributed by atoms with E-state index in [0.29, 0.717) is 25.1 Å². The van der Waals surface area contributed by atoms with Crippen LogP contribution in [-0.4, -0.2) is 85.3 Å². The number of aliphatic carboxylic acids is 1. The number of benzene rings is 1. The molecule has 2 aromatic heterocycles. The summed E-state index contributed by atoms with van der Waals surface area (Å²) in [6, 6.07) is 3.12. The molecule has 14 heteroatoms. The first-order valence-corrected chi connectivity index (χ1v) is 13.3. The number of nitrogens with one attached hydrogen (secondary N) is 4. The third-order valence-electron chi connectivity index (χ3n) is 7.18. The quantitative estimate of drug-likeness (QED) is 0.140. The van der Waals surface area contributed by atoms with Gasteiger partial charge < -0.3 is 42.1 Å². The van der Waals surface area contributed by atoms with Crippen LogP contribution < -0.4 is 22.1 Å². The molecule has 0 radical (unpaired) electrons. The van der Waals surface area contributed by atoms with Gasteiger partial charge in [-0.2, -0.15) is 0 Å². The van der Waals surface area contributed by atoms with E-state index < -0.39 is 53.8 Å². The summed E-state index contributed by atoms with van der Waals surface area (Å²) >= 11 is 0. The maximum absolute atomic E-state index is 13.5. The average Bonchev–Trinajstić information content (AvgIpc) is 3.71. The molecule has 4 amide bonds. The average molecular weight is 567 g/mol. The van der Waals surface area contributed by atoms with Gasteiger partial charge in [0.15, 0.2) is 0 Å². The van der Waals surface area contributed by atoms with Crippen LogP contribution in [0.25, 0.3) is 10.9 Å². The van der Waals surface area contributed by atoms with E-state index in [-0.39, 0.29) is 25.7 Å². The van der Waals surface area contributed by atoms with E-state index in [4.69, 9.17) is 11.5 Å². The molecular weight excluding hydrogens is 532 g/mol. The number of amides is 4. The third-order valence-corrected chi connectivity index (χ3v) is 7.18. The SMILES string of the molecule is NC(=O)CCC(NC(=O)C(Cc1c[nH]c2ccccc12)NC(=O)C1CCCN1C(=O)C(N)Cc1cnc[nH]1)C(=O)O. The number of nitrogens with two attached hydrogens (primary N) is 2. The number of hydrogen-bond acceptors (Lipinski definition) is 7. The molecule has 0 saturated carbocycles. The molecule has 218 valence electrons. The highest BCUT2D eigenvalue weighted by molar-refractivity contribution is 5.95. The summed E-state index contributed by atoms with van der Waals surface area (Å²) in [6.45, 7) is 0.334. The van der Waals surface area contributed by atoms with Crippen molar-refractivity contribution in [2.45, 2.75) is 62.7 Å². The van der Waals surface area contributed by atoms with Gasteiger partial charge in [0, 0.05) is 54.8 Å². The normalized spacial score (nSPS) is 17.1. The van der Waals surface area contributed by atoms with Crippen molar-refractivity contribution < 1.29 is 29.1 Å². The highest BCUT2D eigenvalue weighted by atomic mass is 16.4. The van der Waals surface area contributed by atoms with Crippen molar-refractivity contribution in [1.29, 1.82) is 0 Å². The van der Waals surface area contributed by atoms with E-state index in [9.17, 15) is 29.1 Å². The number of carbonyl (C=O) groups is 5. The van der Waals surface area contributed by atoms with Gasteiger partial charge in [0.05, 0.1) is 12.4 Å². The molecule has 4 unspecified atom stereocenters. The molecule has 0 aliphatic carbocycles. The molecule has 0 bridgehead atoms. The van der Waals surface area contributed by atoms with Crippen molar-refractivity contribution in [3.63, 3.8) is 0 Å². The number of carboxylic acid groups (broad SMARTS) is 1. The fraction of sp³-hybridized carbons (Fsp3) is 0.407. The number of likely N-dealkylation sites (tertiary alicyclic amines) is 1. The summed E-state index contributed by atoms with van der Waals surface area (Å²) in [5.74, 6) is -3.73. The zero-order chi connectivity index (χ0) is 29.5. The van der Waals surface area contributed by atoms with Crippen molar-refractivity contribution in [1.82, 2.24) is 30.5 Å². The Morgan fingerprint density at radius 2 is 1.88 bits per heavy atom.